The van der Waals surface area contributed by atoms with Gasteiger partial charge in [-0.3, -0.25) is 5.84 Å². The minimum Gasteiger partial charge on any atom is -0.550 e. The molecule has 1 aromatic carbocycles. The van der Waals surface area contributed by atoms with Crippen LogP contribution in [0.3, 0.4) is 0 Å². The highest BCUT2D eigenvalue weighted by molar-refractivity contribution is 5.68. The van der Waals surface area contributed by atoms with Crippen LogP contribution in [-0.4, -0.2) is 5.97 Å². The molecule has 0 aliphatic carbocycles. The van der Waals surface area contributed by atoms with Gasteiger partial charge in [0.1, 0.15) is 0 Å². The Bertz CT molecular complexity index is 269. The van der Waals surface area contributed by atoms with Gasteiger partial charge in [-0.25, -0.2) is 0 Å². The minimum atomic E-state index is -1.08. The smallest absolute Gasteiger partial charge is 0.0485 e. The van der Waals surface area contributed by atoms with E-state index < -0.39 is 5.97 Å². The van der Waals surface area contributed by atoms with Crippen molar-refractivity contribution in [1.29, 1.82) is 0 Å². The molecule has 64 valence electrons. The molecule has 1 rings (SSSR count). The largest absolute Gasteiger partial charge is 0.550 e. The summed E-state index contributed by atoms with van der Waals surface area (Å²) in [6.07, 6.45) is -0.0646. The average molecular weight is 165 g/mol. The van der Waals surface area contributed by atoms with Crippen molar-refractivity contribution in [2.24, 2.45) is 5.84 Å². The molecule has 0 atom stereocenters. The first kappa shape index (κ1) is 8.55. The molecule has 0 aliphatic heterocycles. The zero-order chi connectivity index (χ0) is 8.97. The Hall–Kier alpha value is -1.55. The van der Waals surface area contributed by atoms with Gasteiger partial charge in [-0.2, -0.15) is 0 Å². The molecule has 0 spiro atoms. The lowest BCUT2D eigenvalue weighted by Crippen LogP contribution is -2.24. The van der Waals surface area contributed by atoms with Gasteiger partial charge in [0.2, 0.25) is 0 Å². The van der Waals surface area contributed by atoms with Gasteiger partial charge in [0.15, 0.2) is 0 Å². The lowest BCUT2D eigenvalue weighted by molar-refractivity contribution is -0.304. The summed E-state index contributed by atoms with van der Waals surface area (Å²) >= 11 is 0. The Balaban J connectivity index is 2.71. The van der Waals surface area contributed by atoms with Crippen LogP contribution < -0.4 is 16.4 Å². The molecule has 0 saturated carbocycles. The summed E-state index contributed by atoms with van der Waals surface area (Å²) in [7, 11) is 0. The van der Waals surface area contributed by atoms with E-state index in [2.05, 4.69) is 5.43 Å². The molecule has 0 saturated heterocycles. The van der Waals surface area contributed by atoms with E-state index in [1.807, 2.05) is 0 Å². The van der Waals surface area contributed by atoms with Crippen LogP contribution in [0.25, 0.3) is 0 Å². The number of nitrogen functional groups attached to an aromatic ring is 1. The van der Waals surface area contributed by atoms with E-state index in [1.165, 1.54) is 0 Å². The molecule has 0 bridgehead atoms. The maximum Gasteiger partial charge on any atom is 0.0485 e. The van der Waals surface area contributed by atoms with Gasteiger partial charge in [-0.1, -0.05) is 12.1 Å². The van der Waals surface area contributed by atoms with E-state index in [0.717, 1.165) is 5.69 Å². The van der Waals surface area contributed by atoms with E-state index in [9.17, 15) is 9.90 Å². The standard InChI is InChI=1S/C8H10N2O2/c9-10-7-3-1-6(2-4-7)5-8(11)12/h1-4,10H,5,9H2,(H,11,12)/p-1. The quantitative estimate of drug-likeness (QED) is 0.457. The fourth-order valence-electron chi connectivity index (χ4n) is 0.885. The van der Waals surface area contributed by atoms with E-state index in [1.54, 1.807) is 24.3 Å². The molecule has 0 fully saturated rings. The average Bonchev–Trinajstić information content (AvgIpc) is 2.05. The van der Waals surface area contributed by atoms with Gasteiger partial charge in [0.05, 0.1) is 0 Å². The minimum absolute atomic E-state index is 0.0646. The van der Waals surface area contributed by atoms with Crippen LogP contribution in [-0.2, 0) is 11.2 Å². The molecule has 0 aliphatic rings. The maximum absolute atomic E-state index is 10.2. The first-order chi connectivity index (χ1) is 5.72. The summed E-state index contributed by atoms with van der Waals surface area (Å²) in [5, 5.41) is 10.2. The summed E-state index contributed by atoms with van der Waals surface area (Å²) in [6.45, 7) is 0. The molecular weight excluding hydrogens is 156 g/mol. The fraction of sp³-hybridized carbons (Fsp3) is 0.125. The van der Waals surface area contributed by atoms with Crippen molar-refractivity contribution in [3.05, 3.63) is 29.8 Å². The monoisotopic (exact) mass is 165 g/mol. The molecule has 4 nitrogen and oxygen atoms in total. The third kappa shape index (κ3) is 2.25. The number of hydrazine groups is 1. The van der Waals surface area contributed by atoms with Gasteiger partial charge in [0.25, 0.3) is 0 Å². The Morgan fingerprint density at radius 2 is 2.00 bits per heavy atom. The number of hydrogen-bond acceptors (Lipinski definition) is 4. The number of nitrogens with two attached hydrogens (primary N) is 1. The summed E-state index contributed by atoms with van der Waals surface area (Å²) in [5.74, 6) is 4.04. The summed E-state index contributed by atoms with van der Waals surface area (Å²) in [4.78, 5) is 10.2. The van der Waals surface area contributed by atoms with Crippen molar-refractivity contribution < 1.29 is 9.90 Å². The third-order valence-corrected chi connectivity index (χ3v) is 1.47. The highest BCUT2D eigenvalue weighted by Gasteiger charge is 1.92. The summed E-state index contributed by atoms with van der Waals surface area (Å²) < 4.78 is 0. The molecule has 3 N–H and O–H groups in total. The predicted octanol–water partition coefficient (Wildman–Crippen LogP) is -0.735. The van der Waals surface area contributed by atoms with Crippen molar-refractivity contribution in [3.8, 4) is 0 Å². The normalized spacial score (nSPS) is 9.42. The molecule has 1 aromatic rings. The number of carboxylic acid groups (broad SMARTS) is 1. The topological polar surface area (TPSA) is 78.2 Å². The van der Waals surface area contributed by atoms with Gasteiger partial charge in [-0.15, -0.1) is 0 Å². The van der Waals surface area contributed by atoms with E-state index >= 15 is 0 Å². The van der Waals surface area contributed by atoms with Crippen LogP contribution in [0.1, 0.15) is 5.56 Å². The number of anilines is 1. The van der Waals surface area contributed by atoms with Crippen molar-refractivity contribution in [2.45, 2.75) is 6.42 Å². The zero-order valence-corrected chi connectivity index (χ0v) is 6.41. The molecule has 0 unspecified atom stereocenters. The van der Waals surface area contributed by atoms with Crippen LogP contribution in [0.15, 0.2) is 24.3 Å². The Labute approximate surface area is 70.0 Å². The van der Waals surface area contributed by atoms with Crippen molar-refractivity contribution in [3.63, 3.8) is 0 Å². The van der Waals surface area contributed by atoms with E-state index in [4.69, 9.17) is 5.84 Å². The summed E-state index contributed by atoms with van der Waals surface area (Å²) in [5.41, 5.74) is 3.89. The summed E-state index contributed by atoms with van der Waals surface area (Å²) in [6, 6.07) is 6.78. The lowest BCUT2D eigenvalue weighted by atomic mass is 10.1. The number of rotatable bonds is 3. The molecule has 0 aromatic heterocycles. The molecule has 4 heteroatoms. The molecule has 0 radical (unpaired) electrons. The lowest BCUT2D eigenvalue weighted by Gasteiger charge is -2.03. The van der Waals surface area contributed by atoms with Crippen molar-refractivity contribution in [1.82, 2.24) is 0 Å². The molecule has 0 amide bonds. The number of nitrogens with one attached hydrogen (secondary N) is 1. The first-order valence-electron chi connectivity index (χ1n) is 3.48. The highest BCUT2D eigenvalue weighted by Crippen LogP contribution is 2.07. The number of benzene rings is 1. The number of carbonyl (C=O) groups is 1. The number of carbonyl (C=O) groups excluding carboxylic acids is 1. The molecule has 12 heavy (non-hydrogen) atoms. The van der Waals surface area contributed by atoms with Gasteiger partial charge >= 0.3 is 0 Å². The second-order valence-corrected chi connectivity index (χ2v) is 2.39. The Morgan fingerprint density at radius 3 is 2.42 bits per heavy atom. The first-order valence-corrected chi connectivity index (χ1v) is 3.48. The number of carboxylic acids is 1. The fourth-order valence-corrected chi connectivity index (χ4v) is 0.885. The molecule has 0 heterocycles. The van der Waals surface area contributed by atoms with Crippen LogP contribution in [0.2, 0.25) is 0 Å². The second-order valence-electron chi connectivity index (χ2n) is 2.39. The second kappa shape index (κ2) is 3.73. The van der Waals surface area contributed by atoms with Crippen molar-refractivity contribution >= 4 is 11.7 Å². The van der Waals surface area contributed by atoms with E-state index in [0.29, 0.717) is 5.56 Å². The van der Waals surface area contributed by atoms with Crippen molar-refractivity contribution in [2.75, 3.05) is 5.43 Å². The number of hydrogen-bond donors (Lipinski definition) is 2. The highest BCUT2D eigenvalue weighted by atomic mass is 16.4. The predicted molar refractivity (Wildman–Crippen MR) is 43.0 cm³/mol. The Morgan fingerprint density at radius 1 is 1.42 bits per heavy atom. The SMILES string of the molecule is NNc1ccc(CC(=O)[O-])cc1. The zero-order valence-electron chi connectivity index (χ0n) is 6.41. The maximum atomic E-state index is 10.2. The number of aliphatic carboxylic acids is 1. The Kier molecular flexibility index (Phi) is 2.66. The van der Waals surface area contributed by atoms with Crippen LogP contribution in [0.5, 0.6) is 0 Å². The third-order valence-electron chi connectivity index (χ3n) is 1.47. The van der Waals surface area contributed by atoms with Crippen LogP contribution in [0, 0.1) is 0 Å². The molecular formula is C8H9N2O2-. The van der Waals surface area contributed by atoms with Gasteiger partial charge in [0, 0.05) is 18.1 Å². The van der Waals surface area contributed by atoms with Crippen LogP contribution in [0.4, 0.5) is 5.69 Å². The van der Waals surface area contributed by atoms with E-state index in [-0.39, 0.29) is 6.42 Å². The van der Waals surface area contributed by atoms with Crippen LogP contribution >= 0.6 is 0 Å². The van der Waals surface area contributed by atoms with Gasteiger partial charge < -0.3 is 15.3 Å². The van der Waals surface area contributed by atoms with Gasteiger partial charge in [-0.05, 0) is 17.7 Å².